The number of rotatable bonds is 2. The molecule has 15 heavy (non-hydrogen) atoms. The van der Waals surface area contributed by atoms with Crippen LogP contribution in [0, 0.1) is 22.7 Å². The van der Waals surface area contributed by atoms with Crippen molar-refractivity contribution in [2.45, 2.75) is 26.2 Å². The van der Waals surface area contributed by atoms with Crippen molar-refractivity contribution in [2.24, 2.45) is 0 Å². The minimum absolute atomic E-state index is 0.296. The first-order chi connectivity index (χ1) is 7.10. The Morgan fingerprint density at radius 3 is 2.47 bits per heavy atom. The fourth-order valence-corrected chi connectivity index (χ4v) is 2.51. The van der Waals surface area contributed by atoms with Gasteiger partial charge in [-0.2, -0.15) is 10.5 Å². The van der Waals surface area contributed by atoms with Crippen molar-refractivity contribution in [3.05, 3.63) is 33.3 Å². The zero-order valence-corrected chi connectivity index (χ0v) is 10.3. The fraction of sp³-hybridized carbons (Fsp3) is 0.333. The maximum atomic E-state index is 9.03. The van der Waals surface area contributed by atoms with Crippen LogP contribution in [0.4, 0.5) is 0 Å². The molecule has 1 rings (SSSR count). The number of hydrogen-bond acceptors (Lipinski definition) is 2. The van der Waals surface area contributed by atoms with Gasteiger partial charge in [0, 0.05) is 4.47 Å². The molecule has 3 heteroatoms. The molecule has 0 aliphatic carbocycles. The molecule has 0 heterocycles. The molecule has 0 fully saturated rings. The monoisotopic (exact) mass is 262 g/mol. The molecule has 0 spiro atoms. The average molecular weight is 263 g/mol. The molecule has 0 saturated heterocycles. The molecule has 0 aliphatic rings. The summed E-state index contributed by atoms with van der Waals surface area (Å²) in [5.41, 5.74) is 2.55. The van der Waals surface area contributed by atoms with Gasteiger partial charge in [-0.1, -0.05) is 29.8 Å². The Labute approximate surface area is 98.3 Å². The van der Waals surface area contributed by atoms with E-state index in [1.165, 1.54) is 0 Å². The summed E-state index contributed by atoms with van der Waals surface area (Å²) in [6.07, 6.45) is 0.339. The average Bonchev–Trinajstić information content (AvgIpc) is 2.16. The lowest BCUT2D eigenvalue weighted by Crippen LogP contribution is -1.97. The minimum Gasteiger partial charge on any atom is -0.198 e. The predicted octanol–water partition coefficient (Wildman–Crippen LogP) is 3.51. The van der Waals surface area contributed by atoms with Crippen molar-refractivity contribution in [3.8, 4) is 12.1 Å². The summed E-state index contributed by atoms with van der Waals surface area (Å²) in [5, 5.41) is 17.6. The van der Waals surface area contributed by atoms with Gasteiger partial charge in [0.25, 0.3) is 0 Å². The zero-order valence-electron chi connectivity index (χ0n) is 8.71. The molecule has 2 nitrogen and oxygen atoms in total. The maximum absolute atomic E-state index is 9.03. The van der Waals surface area contributed by atoms with Crippen molar-refractivity contribution < 1.29 is 0 Å². The number of benzene rings is 1. The molecule has 0 amide bonds. The normalized spacial score (nSPS) is 9.73. The van der Waals surface area contributed by atoms with E-state index in [9.17, 15) is 0 Å². The zero-order chi connectivity index (χ0) is 11.4. The van der Waals surface area contributed by atoms with Crippen LogP contribution in [0.3, 0.4) is 0 Å². The highest BCUT2D eigenvalue weighted by atomic mass is 79.9. The third kappa shape index (κ3) is 2.58. The molecule has 0 saturated carbocycles. The fourth-order valence-electron chi connectivity index (χ4n) is 1.55. The van der Waals surface area contributed by atoms with Gasteiger partial charge in [-0.25, -0.2) is 0 Å². The van der Waals surface area contributed by atoms with Gasteiger partial charge in [-0.3, -0.25) is 0 Å². The lowest BCUT2D eigenvalue weighted by molar-refractivity contribution is 0.855. The third-order valence-corrected chi connectivity index (χ3v) is 2.83. The summed E-state index contributed by atoms with van der Waals surface area (Å²) >= 11 is 3.45. The summed E-state index contributed by atoms with van der Waals surface area (Å²) < 4.78 is 0.918. The molecule has 76 valence electrons. The second kappa shape index (κ2) is 4.96. The van der Waals surface area contributed by atoms with E-state index in [1.807, 2.05) is 19.9 Å². The first-order valence-corrected chi connectivity index (χ1v) is 5.48. The number of hydrogen-bond donors (Lipinski definition) is 0. The van der Waals surface area contributed by atoms with Crippen molar-refractivity contribution in [2.75, 3.05) is 0 Å². The van der Waals surface area contributed by atoms with E-state index >= 15 is 0 Å². The Hall–Kier alpha value is -1.32. The molecule has 0 bridgehead atoms. The molecule has 1 aromatic carbocycles. The highest BCUT2D eigenvalue weighted by molar-refractivity contribution is 9.10. The lowest BCUT2D eigenvalue weighted by atomic mass is 9.95. The van der Waals surface area contributed by atoms with Gasteiger partial charge in [-0.15, -0.1) is 0 Å². The molecular formula is C12H11BrN2. The van der Waals surface area contributed by atoms with E-state index < -0.39 is 0 Å². The lowest BCUT2D eigenvalue weighted by Gasteiger charge is -2.11. The van der Waals surface area contributed by atoms with Crippen molar-refractivity contribution in [3.63, 3.8) is 0 Å². The van der Waals surface area contributed by atoms with Gasteiger partial charge in [-0.05, 0) is 29.2 Å². The molecule has 0 unspecified atom stereocenters. The van der Waals surface area contributed by atoms with Gasteiger partial charge in [0.05, 0.1) is 24.1 Å². The smallest absolute Gasteiger partial charge is 0.0995 e. The van der Waals surface area contributed by atoms with Crippen LogP contribution in [0.5, 0.6) is 0 Å². The van der Waals surface area contributed by atoms with Gasteiger partial charge < -0.3 is 0 Å². The molecular weight excluding hydrogens is 252 g/mol. The predicted molar refractivity (Wildman–Crippen MR) is 62.3 cm³/mol. The van der Waals surface area contributed by atoms with Crippen LogP contribution >= 0.6 is 15.9 Å². The summed E-state index contributed by atoms with van der Waals surface area (Å²) in [7, 11) is 0. The highest BCUT2D eigenvalue weighted by Gasteiger charge is 2.12. The Balaban J connectivity index is 3.34. The van der Waals surface area contributed by atoms with Gasteiger partial charge >= 0.3 is 0 Å². The summed E-state index contributed by atoms with van der Waals surface area (Å²) in [4.78, 5) is 0. The van der Waals surface area contributed by atoms with Crippen molar-refractivity contribution >= 4 is 15.9 Å². The molecule has 0 atom stereocenters. The Morgan fingerprint density at radius 2 is 2.00 bits per heavy atom. The quantitative estimate of drug-likeness (QED) is 0.819. The van der Waals surface area contributed by atoms with Gasteiger partial charge in [0.1, 0.15) is 0 Å². The van der Waals surface area contributed by atoms with Crippen molar-refractivity contribution in [1.29, 1.82) is 10.5 Å². The van der Waals surface area contributed by atoms with Crippen LogP contribution in [0.2, 0.25) is 0 Å². The van der Waals surface area contributed by atoms with E-state index in [0.29, 0.717) is 17.9 Å². The van der Waals surface area contributed by atoms with Gasteiger partial charge in [0.2, 0.25) is 0 Å². The summed E-state index contributed by atoms with van der Waals surface area (Å²) in [6.45, 7) is 4.09. The molecule has 0 radical (unpaired) electrons. The molecule has 1 aromatic rings. The Kier molecular flexibility index (Phi) is 3.88. The van der Waals surface area contributed by atoms with E-state index in [4.69, 9.17) is 10.5 Å². The topological polar surface area (TPSA) is 47.6 Å². The molecule has 0 N–H and O–H groups in total. The summed E-state index contributed by atoms with van der Waals surface area (Å²) in [5.74, 6) is 0.296. The minimum atomic E-state index is 0.296. The summed E-state index contributed by atoms with van der Waals surface area (Å²) in [6, 6.07) is 7.97. The second-order valence-corrected chi connectivity index (χ2v) is 4.49. The van der Waals surface area contributed by atoms with E-state index in [0.717, 1.165) is 15.6 Å². The highest BCUT2D eigenvalue weighted by Crippen LogP contribution is 2.29. The number of halogens is 1. The number of nitrogens with zero attached hydrogens (tertiary/aromatic N) is 2. The SMILES string of the molecule is CC(C)c1c(Br)cc(CC#N)cc1C#N. The standard InChI is InChI=1S/C12H11BrN2/c1-8(2)12-10(7-15)5-9(3-4-14)6-11(12)13/h5-6,8H,3H2,1-2H3. The van der Waals surface area contributed by atoms with Crippen LogP contribution in [-0.4, -0.2) is 0 Å². The first-order valence-electron chi connectivity index (χ1n) is 4.69. The maximum Gasteiger partial charge on any atom is 0.0995 e. The van der Waals surface area contributed by atoms with Crippen LogP contribution in [0.1, 0.15) is 36.5 Å². The Morgan fingerprint density at radius 1 is 1.33 bits per heavy atom. The van der Waals surface area contributed by atoms with E-state index in [-0.39, 0.29) is 0 Å². The third-order valence-electron chi connectivity index (χ3n) is 2.17. The molecule has 0 aliphatic heterocycles. The van der Waals surface area contributed by atoms with Crippen LogP contribution in [0.25, 0.3) is 0 Å². The van der Waals surface area contributed by atoms with E-state index in [2.05, 4.69) is 28.1 Å². The van der Waals surface area contributed by atoms with Crippen LogP contribution in [0.15, 0.2) is 16.6 Å². The first kappa shape index (κ1) is 11.8. The van der Waals surface area contributed by atoms with Crippen molar-refractivity contribution in [1.82, 2.24) is 0 Å². The van der Waals surface area contributed by atoms with Gasteiger partial charge in [0.15, 0.2) is 0 Å². The van der Waals surface area contributed by atoms with Crippen LogP contribution in [-0.2, 0) is 6.42 Å². The van der Waals surface area contributed by atoms with E-state index in [1.54, 1.807) is 6.07 Å². The molecule has 0 aromatic heterocycles. The number of nitriles is 2. The van der Waals surface area contributed by atoms with Crippen LogP contribution < -0.4 is 0 Å². The largest absolute Gasteiger partial charge is 0.198 e. The second-order valence-electron chi connectivity index (χ2n) is 3.64. The Bertz CT molecular complexity index is 450.